The summed E-state index contributed by atoms with van der Waals surface area (Å²) in [5, 5.41) is 0.554. The van der Waals surface area contributed by atoms with E-state index in [1.165, 1.54) is 11.4 Å². The standard InChI is InChI=1S/C8H9ClINO2S/c1-11(14(2,12)13)6-3-4-8(10)7(9)5-6/h3-5H,1-2H3. The Morgan fingerprint density at radius 2 is 2.00 bits per heavy atom. The van der Waals surface area contributed by atoms with Crippen LogP contribution < -0.4 is 4.31 Å². The summed E-state index contributed by atoms with van der Waals surface area (Å²) in [7, 11) is -1.72. The van der Waals surface area contributed by atoms with Gasteiger partial charge in [0, 0.05) is 10.6 Å². The molecular formula is C8H9ClINO2S. The first-order valence-electron chi connectivity index (χ1n) is 3.71. The summed E-state index contributed by atoms with van der Waals surface area (Å²) < 4.78 is 24.5. The van der Waals surface area contributed by atoms with Crippen LogP contribution >= 0.6 is 34.2 Å². The van der Waals surface area contributed by atoms with Gasteiger partial charge in [-0.25, -0.2) is 8.42 Å². The van der Waals surface area contributed by atoms with Crippen LogP contribution in [0, 0.1) is 3.57 Å². The molecule has 0 aliphatic rings. The third-order valence-electron chi connectivity index (χ3n) is 1.76. The second kappa shape index (κ2) is 4.24. The fourth-order valence-electron chi connectivity index (χ4n) is 0.872. The Morgan fingerprint density at radius 1 is 1.43 bits per heavy atom. The van der Waals surface area contributed by atoms with Crippen molar-refractivity contribution in [2.45, 2.75) is 0 Å². The first kappa shape index (κ1) is 12.1. The maximum atomic E-state index is 11.2. The van der Waals surface area contributed by atoms with Crippen molar-refractivity contribution in [2.24, 2.45) is 0 Å². The molecule has 3 nitrogen and oxygen atoms in total. The summed E-state index contributed by atoms with van der Waals surface area (Å²) in [6.45, 7) is 0. The summed E-state index contributed by atoms with van der Waals surface area (Å²) in [5.41, 5.74) is 0.568. The van der Waals surface area contributed by atoms with Crippen molar-refractivity contribution in [3.63, 3.8) is 0 Å². The lowest BCUT2D eigenvalue weighted by Crippen LogP contribution is -2.24. The van der Waals surface area contributed by atoms with Crippen LogP contribution in [0.25, 0.3) is 0 Å². The molecule has 6 heteroatoms. The maximum absolute atomic E-state index is 11.2. The number of benzene rings is 1. The first-order valence-corrected chi connectivity index (χ1v) is 7.02. The van der Waals surface area contributed by atoms with E-state index in [0.717, 1.165) is 9.83 Å². The number of hydrogen-bond donors (Lipinski definition) is 0. The first-order chi connectivity index (χ1) is 6.32. The van der Waals surface area contributed by atoms with E-state index < -0.39 is 10.0 Å². The summed E-state index contributed by atoms with van der Waals surface area (Å²) in [6, 6.07) is 5.12. The molecule has 0 saturated heterocycles. The van der Waals surface area contributed by atoms with Crippen molar-refractivity contribution < 1.29 is 8.42 Å². The molecule has 0 atom stereocenters. The Kier molecular flexibility index (Phi) is 3.65. The summed E-state index contributed by atoms with van der Waals surface area (Å²) in [4.78, 5) is 0. The number of hydrogen-bond acceptors (Lipinski definition) is 2. The molecule has 0 amide bonds. The number of sulfonamides is 1. The van der Waals surface area contributed by atoms with Crippen molar-refractivity contribution in [1.82, 2.24) is 0 Å². The smallest absolute Gasteiger partial charge is 0.231 e. The molecule has 0 aliphatic heterocycles. The van der Waals surface area contributed by atoms with E-state index in [-0.39, 0.29) is 0 Å². The third kappa shape index (κ3) is 2.74. The minimum absolute atomic E-state index is 0.554. The normalized spacial score (nSPS) is 11.4. The molecule has 0 aromatic heterocycles. The summed E-state index contributed by atoms with van der Waals surface area (Å²) >= 11 is 7.96. The summed E-state index contributed by atoms with van der Waals surface area (Å²) in [5.74, 6) is 0. The average molecular weight is 346 g/mol. The number of nitrogens with zero attached hydrogens (tertiary/aromatic N) is 1. The molecule has 1 rings (SSSR count). The van der Waals surface area contributed by atoms with Gasteiger partial charge in [0.1, 0.15) is 0 Å². The lowest BCUT2D eigenvalue weighted by Gasteiger charge is -2.16. The van der Waals surface area contributed by atoms with Crippen LogP contribution in [0.4, 0.5) is 5.69 Å². The minimum atomic E-state index is -3.21. The van der Waals surface area contributed by atoms with Crippen LogP contribution in [-0.4, -0.2) is 21.7 Å². The SMILES string of the molecule is CN(c1ccc(I)c(Cl)c1)S(C)(=O)=O. The molecular weight excluding hydrogens is 337 g/mol. The zero-order valence-electron chi connectivity index (χ0n) is 7.66. The number of halogens is 2. The molecule has 1 aromatic rings. The Labute approximate surface area is 102 Å². The molecule has 0 unspecified atom stereocenters. The summed E-state index contributed by atoms with van der Waals surface area (Å²) in [6.07, 6.45) is 1.15. The van der Waals surface area contributed by atoms with Gasteiger partial charge in [-0.2, -0.15) is 0 Å². The van der Waals surface area contributed by atoms with E-state index in [2.05, 4.69) is 22.6 Å². The van der Waals surface area contributed by atoms with Crippen LogP contribution in [0.2, 0.25) is 5.02 Å². The highest BCUT2D eigenvalue weighted by atomic mass is 127. The van der Waals surface area contributed by atoms with Gasteiger partial charge in [-0.05, 0) is 40.8 Å². The van der Waals surface area contributed by atoms with Crippen molar-refractivity contribution in [3.8, 4) is 0 Å². The van der Waals surface area contributed by atoms with Gasteiger partial charge < -0.3 is 0 Å². The van der Waals surface area contributed by atoms with Crippen LogP contribution in [0.3, 0.4) is 0 Å². The lowest BCUT2D eigenvalue weighted by molar-refractivity contribution is 0.600. The van der Waals surface area contributed by atoms with Crippen molar-refractivity contribution in [2.75, 3.05) is 17.6 Å². The molecule has 0 aliphatic carbocycles. The molecule has 0 spiro atoms. The molecule has 78 valence electrons. The van der Waals surface area contributed by atoms with Gasteiger partial charge in [0.25, 0.3) is 0 Å². The van der Waals surface area contributed by atoms with Gasteiger partial charge in [0.05, 0.1) is 17.0 Å². The number of anilines is 1. The van der Waals surface area contributed by atoms with Crippen LogP contribution in [0.1, 0.15) is 0 Å². The molecule has 0 heterocycles. The monoisotopic (exact) mass is 345 g/mol. The predicted molar refractivity (Wildman–Crippen MR) is 67.4 cm³/mol. The molecule has 0 fully saturated rings. The van der Waals surface area contributed by atoms with Crippen molar-refractivity contribution in [3.05, 3.63) is 26.8 Å². The minimum Gasteiger partial charge on any atom is -0.273 e. The highest BCUT2D eigenvalue weighted by Crippen LogP contribution is 2.25. The van der Waals surface area contributed by atoms with E-state index in [0.29, 0.717) is 10.7 Å². The molecule has 0 radical (unpaired) electrons. The highest BCUT2D eigenvalue weighted by Gasteiger charge is 2.12. The second-order valence-corrected chi connectivity index (χ2v) is 6.41. The molecule has 1 aromatic carbocycles. The molecule has 0 saturated carbocycles. The van der Waals surface area contributed by atoms with Gasteiger partial charge >= 0.3 is 0 Å². The maximum Gasteiger partial charge on any atom is 0.231 e. The van der Waals surface area contributed by atoms with E-state index in [9.17, 15) is 8.42 Å². The highest BCUT2D eigenvalue weighted by molar-refractivity contribution is 14.1. The Balaban J connectivity index is 3.16. The third-order valence-corrected chi connectivity index (χ3v) is 4.54. The Hall–Kier alpha value is -0.0100. The fraction of sp³-hybridized carbons (Fsp3) is 0.250. The quantitative estimate of drug-likeness (QED) is 0.772. The second-order valence-electron chi connectivity index (χ2n) is 2.83. The van der Waals surface area contributed by atoms with Crippen LogP contribution in [0.5, 0.6) is 0 Å². The fourth-order valence-corrected chi connectivity index (χ4v) is 1.88. The zero-order chi connectivity index (χ0) is 10.9. The Morgan fingerprint density at radius 3 is 2.43 bits per heavy atom. The predicted octanol–water partition coefficient (Wildman–Crippen LogP) is 2.34. The van der Waals surface area contributed by atoms with E-state index in [1.807, 2.05) is 0 Å². The molecule has 0 N–H and O–H groups in total. The van der Waals surface area contributed by atoms with Crippen molar-refractivity contribution in [1.29, 1.82) is 0 Å². The molecule has 14 heavy (non-hydrogen) atoms. The van der Waals surface area contributed by atoms with E-state index >= 15 is 0 Å². The topological polar surface area (TPSA) is 37.4 Å². The van der Waals surface area contributed by atoms with Gasteiger partial charge in [-0.15, -0.1) is 0 Å². The van der Waals surface area contributed by atoms with Gasteiger partial charge in [-0.1, -0.05) is 11.6 Å². The van der Waals surface area contributed by atoms with Gasteiger partial charge in [-0.3, -0.25) is 4.31 Å². The van der Waals surface area contributed by atoms with Crippen LogP contribution in [-0.2, 0) is 10.0 Å². The lowest BCUT2D eigenvalue weighted by atomic mass is 10.3. The van der Waals surface area contributed by atoms with Gasteiger partial charge in [0.15, 0.2) is 0 Å². The van der Waals surface area contributed by atoms with E-state index in [1.54, 1.807) is 18.2 Å². The number of rotatable bonds is 2. The average Bonchev–Trinajstić information content (AvgIpc) is 2.07. The molecule has 0 bridgehead atoms. The van der Waals surface area contributed by atoms with Gasteiger partial charge in [0.2, 0.25) is 10.0 Å². The Bertz CT molecular complexity index is 447. The van der Waals surface area contributed by atoms with Crippen molar-refractivity contribution >= 4 is 49.9 Å². The largest absolute Gasteiger partial charge is 0.273 e. The van der Waals surface area contributed by atoms with E-state index in [4.69, 9.17) is 11.6 Å². The van der Waals surface area contributed by atoms with Crippen LogP contribution in [0.15, 0.2) is 18.2 Å². The zero-order valence-corrected chi connectivity index (χ0v) is 11.4.